The fourth-order valence-corrected chi connectivity index (χ4v) is 4.08. The molecule has 1 N–H and O–H groups in total. The first-order chi connectivity index (χ1) is 15.0. The van der Waals surface area contributed by atoms with Crippen molar-refractivity contribution in [2.75, 3.05) is 42.6 Å². The number of terminal acetylenes is 1. The molecule has 1 unspecified atom stereocenters. The van der Waals surface area contributed by atoms with Crippen molar-refractivity contribution in [2.45, 2.75) is 13.0 Å². The number of cyclic esters (lactones) is 1. The Labute approximate surface area is 184 Å². The molecular formula is C22H23N3O5S. The van der Waals surface area contributed by atoms with Crippen LogP contribution in [-0.2, 0) is 14.3 Å². The van der Waals surface area contributed by atoms with E-state index in [0.29, 0.717) is 30.3 Å². The van der Waals surface area contributed by atoms with Crippen LogP contribution in [0.15, 0.2) is 36.4 Å². The summed E-state index contributed by atoms with van der Waals surface area (Å²) in [5.74, 6) is -0.251. The van der Waals surface area contributed by atoms with Crippen molar-refractivity contribution in [1.82, 2.24) is 5.32 Å². The molecule has 1 aromatic carbocycles. The third kappa shape index (κ3) is 5.23. The normalized spacial score (nSPS) is 18.2. The molecule has 2 aromatic rings. The van der Waals surface area contributed by atoms with Gasteiger partial charge in [-0.1, -0.05) is 0 Å². The Morgan fingerprint density at radius 3 is 2.42 bits per heavy atom. The third-order valence-electron chi connectivity index (χ3n) is 4.79. The lowest BCUT2D eigenvalue weighted by molar-refractivity contribution is -0.125. The van der Waals surface area contributed by atoms with E-state index >= 15 is 0 Å². The van der Waals surface area contributed by atoms with Gasteiger partial charge in [0.05, 0.1) is 24.6 Å². The summed E-state index contributed by atoms with van der Waals surface area (Å²) in [6, 6.07) is 10.9. The van der Waals surface area contributed by atoms with Gasteiger partial charge in [-0.05, 0) is 43.3 Å². The quantitative estimate of drug-likeness (QED) is 0.720. The lowest BCUT2D eigenvalue weighted by atomic mass is 10.2. The van der Waals surface area contributed by atoms with Gasteiger partial charge in [-0.15, -0.1) is 24.2 Å². The standard InChI is InChI=1S/C20H21N3O5S.C2H2/c1-13-2-7-17(29-13)19(25)21-10-16-11-23(20(26)28-16)15-5-3-14(4-6-15)22-8-9-27-12-18(22)24;1-2/h2-7,16H,8-12H2,1H3,(H,21,25);1-2H. The molecular weight excluding hydrogens is 418 g/mol. The number of benzene rings is 1. The van der Waals surface area contributed by atoms with E-state index in [9.17, 15) is 14.4 Å². The molecule has 9 heteroatoms. The number of hydrogen-bond acceptors (Lipinski definition) is 6. The van der Waals surface area contributed by atoms with Crippen molar-refractivity contribution < 1.29 is 23.9 Å². The Kier molecular flexibility index (Phi) is 7.28. The third-order valence-corrected chi connectivity index (χ3v) is 5.79. The molecule has 8 nitrogen and oxygen atoms in total. The maximum atomic E-state index is 12.3. The number of carbonyl (C=O) groups excluding carboxylic acids is 3. The molecule has 1 atom stereocenters. The van der Waals surface area contributed by atoms with E-state index in [2.05, 4.69) is 18.2 Å². The first-order valence-corrected chi connectivity index (χ1v) is 10.5. The van der Waals surface area contributed by atoms with Crippen molar-refractivity contribution in [3.8, 4) is 12.8 Å². The summed E-state index contributed by atoms with van der Waals surface area (Å²) >= 11 is 1.42. The average molecular weight is 442 g/mol. The molecule has 0 saturated carbocycles. The molecule has 4 rings (SSSR count). The van der Waals surface area contributed by atoms with Gasteiger partial charge in [-0.2, -0.15) is 0 Å². The van der Waals surface area contributed by atoms with Gasteiger partial charge in [0, 0.05) is 22.8 Å². The van der Waals surface area contributed by atoms with E-state index < -0.39 is 12.2 Å². The van der Waals surface area contributed by atoms with Gasteiger partial charge in [-0.3, -0.25) is 14.5 Å². The number of amides is 3. The zero-order chi connectivity index (χ0) is 22.4. The zero-order valence-corrected chi connectivity index (χ0v) is 17.9. The highest BCUT2D eigenvalue weighted by molar-refractivity contribution is 7.13. The lowest BCUT2D eigenvalue weighted by Crippen LogP contribution is -2.41. The number of nitrogens with zero attached hydrogens (tertiary/aromatic N) is 2. The Balaban J connectivity index is 0.00000132. The van der Waals surface area contributed by atoms with Crippen LogP contribution >= 0.6 is 11.3 Å². The average Bonchev–Trinajstić information content (AvgIpc) is 3.39. The van der Waals surface area contributed by atoms with E-state index in [1.807, 2.05) is 13.0 Å². The summed E-state index contributed by atoms with van der Waals surface area (Å²) in [6.07, 6.45) is 7.12. The van der Waals surface area contributed by atoms with Gasteiger partial charge < -0.3 is 19.7 Å². The second-order valence-corrected chi connectivity index (χ2v) is 8.14. The van der Waals surface area contributed by atoms with Crippen molar-refractivity contribution >= 4 is 40.6 Å². The van der Waals surface area contributed by atoms with E-state index in [1.165, 1.54) is 16.2 Å². The smallest absolute Gasteiger partial charge is 0.414 e. The molecule has 1 aromatic heterocycles. The predicted octanol–water partition coefficient (Wildman–Crippen LogP) is 2.42. The summed E-state index contributed by atoms with van der Waals surface area (Å²) in [5.41, 5.74) is 1.45. The number of carbonyl (C=O) groups is 3. The van der Waals surface area contributed by atoms with Crippen LogP contribution in [0.2, 0.25) is 0 Å². The summed E-state index contributed by atoms with van der Waals surface area (Å²) in [7, 11) is 0. The molecule has 2 saturated heterocycles. The minimum atomic E-state index is -0.452. The predicted molar refractivity (Wildman–Crippen MR) is 119 cm³/mol. The van der Waals surface area contributed by atoms with Gasteiger partial charge in [0.1, 0.15) is 12.7 Å². The molecule has 3 amide bonds. The van der Waals surface area contributed by atoms with Crippen molar-refractivity contribution in [1.29, 1.82) is 0 Å². The van der Waals surface area contributed by atoms with Crippen molar-refractivity contribution in [2.24, 2.45) is 0 Å². The largest absolute Gasteiger partial charge is 0.442 e. The Hall–Kier alpha value is -3.35. The first-order valence-electron chi connectivity index (χ1n) is 9.65. The lowest BCUT2D eigenvalue weighted by Gasteiger charge is -2.27. The highest BCUT2D eigenvalue weighted by Gasteiger charge is 2.33. The highest BCUT2D eigenvalue weighted by atomic mass is 32.1. The fourth-order valence-electron chi connectivity index (χ4n) is 3.29. The van der Waals surface area contributed by atoms with Crippen LogP contribution in [0.5, 0.6) is 0 Å². The summed E-state index contributed by atoms with van der Waals surface area (Å²) in [4.78, 5) is 41.3. The molecule has 0 radical (unpaired) electrons. The van der Waals surface area contributed by atoms with Gasteiger partial charge in [0.25, 0.3) is 11.8 Å². The molecule has 2 aliphatic heterocycles. The van der Waals surface area contributed by atoms with Gasteiger partial charge in [0.2, 0.25) is 0 Å². The van der Waals surface area contributed by atoms with Crippen LogP contribution in [0.4, 0.5) is 16.2 Å². The number of anilines is 2. The number of ether oxygens (including phenoxy) is 2. The van der Waals surface area contributed by atoms with Crippen LogP contribution in [0, 0.1) is 19.8 Å². The summed E-state index contributed by atoms with van der Waals surface area (Å²) < 4.78 is 10.5. The van der Waals surface area contributed by atoms with Crippen LogP contribution in [0.1, 0.15) is 14.5 Å². The van der Waals surface area contributed by atoms with Gasteiger partial charge >= 0.3 is 6.09 Å². The molecule has 0 aliphatic carbocycles. The second-order valence-electron chi connectivity index (χ2n) is 6.85. The number of nitrogens with one attached hydrogen (secondary N) is 1. The number of rotatable bonds is 5. The summed E-state index contributed by atoms with van der Waals surface area (Å²) in [6.45, 7) is 3.63. The Morgan fingerprint density at radius 2 is 1.81 bits per heavy atom. The maximum absolute atomic E-state index is 12.3. The monoisotopic (exact) mass is 441 g/mol. The second kappa shape index (κ2) is 10.1. The van der Waals surface area contributed by atoms with Gasteiger partial charge in [-0.25, -0.2) is 4.79 Å². The summed E-state index contributed by atoms with van der Waals surface area (Å²) in [5, 5.41) is 2.82. The molecule has 31 heavy (non-hydrogen) atoms. The molecule has 0 bridgehead atoms. The van der Waals surface area contributed by atoms with E-state index in [4.69, 9.17) is 9.47 Å². The Bertz CT molecular complexity index is 969. The zero-order valence-electron chi connectivity index (χ0n) is 17.1. The van der Waals surface area contributed by atoms with E-state index in [1.54, 1.807) is 35.2 Å². The van der Waals surface area contributed by atoms with Crippen LogP contribution in [0.3, 0.4) is 0 Å². The van der Waals surface area contributed by atoms with Crippen molar-refractivity contribution in [3.05, 3.63) is 46.2 Å². The molecule has 3 heterocycles. The van der Waals surface area contributed by atoms with E-state index in [0.717, 1.165) is 10.6 Å². The first kappa shape index (κ1) is 22.3. The van der Waals surface area contributed by atoms with Crippen molar-refractivity contribution in [3.63, 3.8) is 0 Å². The minimum Gasteiger partial charge on any atom is -0.442 e. The maximum Gasteiger partial charge on any atom is 0.414 e. The van der Waals surface area contributed by atoms with E-state index in [-0.39, 0.29) is 25.0 Å². The minimum absolute atomic E-state index is 0.0820. The number of morpholine rings is 1. The molecule has 2 fully saturated rings. The van der Waals surface area contributed by atoms with Gasteiger partial charge in [0.15, 0.2) is 0 Å². The SMILES string of the molecule is C#C.Cc1ccc(C(=O)NCC2CN(c3ccc(N4CCOCC4=O)cc3)C(=O)O2)s1. The van der Waals surface area contributed by atoms with Crippen LogP contribution in [0.25, 0.3) is 0 Å². The number of aryl methyl sites for hydroxylation is 1. The fraction of sp³-hybridized carbons (Fsp3) is 0.318. The topological polar surface area (TPSA) is 88.2 Å². The number of hydrogen-bond donors (Lipinski definition) is 1. The molecule has 2 aliphatic rings. The highest BCUT2D eigenvalue weighted by Crippen LogP contribution is 2.25. The van der Waals surface area contributed by atoms with Crippen LogP contribution in [-0.4, -0.2) is 56.9 Å². The molecule has 162 valence electrons. The number of thiophene rings is 1. The Morgan fingerprint density at radius 1 is 1.13 bits per heavy atom. The van der Waals surface area contributed by atoms with Crippen LogP contribution < -0.4 is 15.1 Å². The molecule has 0 spiro atoms.